The van der Waals surface area contributed by atoms with Gasteiger partial charge in [-0.1, -0.05) is 0 Å². The van der Waals surface area contributed by atoms with Gasteiger partial charge in [0.1, 0.15) is 11.9 Å². The molecule has 1 aromatic rings. The second kappa shape index (κ2) is 7.38. The number of hydrogen-bond acceptors (Lipinski definition) is 6. The van der Waals surface area contributed by atoms with E-state index in [-0.39, 0.29) is 42.2 Å². The number of aliphatic hydroxyl groups excluding tert-OH is 1. The van der Waals surface area contributed by atoms with E-state index in [1.54, 1.807) is 0 Å². The van der Waals surface area contributed by atoms with Crippen molar-refractivity contribution in [1.29, 1.82) is 0 Å². The Balaban J connectivity index is 1.90. The molecule has 0 radical (unpaired) electrons. The maximum absolute atomic E-state index is 14.3. The van der Waals surface area contributed by atoms with Crippen molar-refractivity contribution in [2.24, 2.45) is 0 Å². The molecular formula is C17H24F3N5O. The first kappa shape index (κ1) is 18.9. The Morgan fingerprint density at radius 3 is 2.54 bits per heavy atom. The number of nitrogens with zero attached hydrogens (tertiary/aromatic N) is 3. The lowest BCUT2D eigenvalue weighted by Gasteiger charge is -2.20. The Morgan fingerprint density at radius 1 is 1.15 bits per heavy atom. The van der Waals surface area contributed by atoms with Crippen LogP contribution in [0.2, 0.25) is 0 Å². The summed E-state index contributed by atoms with van der Waals surface area (Å²) in [4.78, 5) is 12.7. The highest BCUT2D eigenvalue weighted by molar-refractivity contribution is 5.65. The van der Waals surface area contributed by atoms with Gasteiger partial charge >= 0.3 is 0 Å². The summed E-state index contributed by atoms with van der Waals surface area (Å²) in [6.45, 7) is 3.80. The fraction of sp³-hybridized carbons (Fsp3) is 0.706. The maximum atomic E-state index is 14.3. The Morgan fingerprint density at radius 2 is 1.88 bits per heavy atom. The molecule has 1 heterocycles. The van der Waals surface area contributed by atoms with Gasteiger partial charge in [0.05, 0.1) is 0 Å². The average molecular weight is 371 g/mol. The molecule has 2 aliphatic rings. The fourth-order valence-corrected chi connectivity index (χ4v) is 3.29. The number of hydrogen-bond donors (Lipinski definition) is 3. The molecule has 0 aliphatic heterocycles. The standard InChI is InChI=1S/C17H24F3N5O/c1-9(2)21-15-23-14(11-4-3-5-12(26)13(11)18)24-16(25-15)22-10-6-7-17(19,20)8-10/h9-10,12,26H,3-8H2,1-2H3,(H2,21,22,23,24,25). The SMILES string of the molecule is CC(C)Nc1nc(NC2CCC(F)(F)C2)nc(C2=C(F)C(O)CCC2)n1. The van der Waals surface area contributed by atoms with E-state index < -0.39 is 23.9 Å². The number of aromatic nitrogens is 3. The van der Waals surface area contributed by atoms with Crippen LogP contribution in [0.15, 0.2) is 5.83 Å². The molecule has 0 spiro atoms. The maximum Gasteiger partial charge on any atom is 0.250 e. The second-order valence-corrected chi connectivity index (χ2v) is 7.28. The number of rotatable bonds is 5. The van der Waals surface area contributed by atoms with Gasteiger partial charge in [-0.25, -0.2) is 13.2 Å². The minimum absolute atomic E-state index is 0.0321. The van der Waals surface area contributed by atoms with Gasteiger partial charge in [0.2, 0.25) is 17.8 Å². The number of nitrogens with one attached hydrogen (secondary N) is 2. The molecule has 9 heteroatoms. The Kier molecular flexibility index (Phi) is 5.36. The van der Waals surface area contributed by atoms with E-state index >= 15 is 0 Å². The van der Waals surface area contributed by atoms with E-state index in [0.717, 1.165) is 0 Å². The predicted molar refractivity (Wildman–Crippen MR) is 92.7 cm³/mol. The van der Waals surface area contributed by atoms with Crippen LogP contribution in [0.5, 0.6) is 0 Å². The number of halogens is 3. The summed E-state index contributed by atoms with van der Waals surface area (Å²) in [7, 11) is 0. The van der Waals surface area contributed by atoms with E-state index in [1.165, 1.54) is 0 Å². The molecule has 1 fully saturated rings. The number of alkyl halides is 2. The molecule has 0 bridgehead atoms. The van der Waals surface area contributed by atoms with Crippen molar-refractivity contribution in [2.75, 3.05) is 10.6 Å². The number of allylic oxidation sites excluding steroid dienone is 1. The van der Waals surface area contributed by atoms with Crippen molar-refractivity contribution in [1.82, 2.24) is 15.0 Å². The third-order valence-electron chi connectivity index (χ3n) is 4.55. The van der Waals surface area contributed by atoms with Crippen molar-refractivity contribution < 1.29 is 18.3 Å². The van der Waals surface area contributed by atoms with Gasteiger partial charge in [-0.15, -0.1) is 0 Å². The Bertz CT molecular complexity index is 695. The normalized spacial score (nSPS) is 25.7. The molecule has 0 saturated heterocycles. The molecule has 1 aromatic heterocycles. The molecular weight excluding hydrogens is 347 g/mol. The molecule has 2 unspecified atom stereocenters. The summed E-state index contributed by atoms with van der Waals surface area (Å²) in [6.07, 6.45) is 0.107. The predicted octanol–water partition coefficient (Wildman–Crippen LogP) is 3.52. The Labute approximate surface area is 150 Å². The van der Waals surface area contributed by atoms with Crippen LogP contribution in [0, 0.1) is 0 Å². The molecule has 2 aliphatic carbocycles. The zero-order valence-electron chi connectivity index (χ0n) is 14.9. The summed E-state index contributed by atoms with van der Waals surface area (Å²) < 4.78 is 41.2. The lowest BCUT2D eigenvalue weighted by atomic mass is 9.96. The van der Waals surface area contributed by atoms with Gasteiger partial charge in [-0.3, -0.25) is 0 Å². The average Bonchev–Trinajstić information content (AvgIpc) is 2.87. The first-order valence-electron chi connectivity index (χ1n) is 8.97. The van der Waals surface area contributed by atoms with Crippen molar-refractivity contribution >= 4 is 17.5 Å². The van der Waals surface area contributed by atoms with Gasteiger partial charge in [0.15, 0.2) is 5.82 Å². The van der Waals surface area contributed by atoms with Crippen LogP contribution in [-0.4, -0.2) is 44.2 Å². The third kappa shape index (κ3) is 4.44. The summed E-state index contributed by atoms with van der Waals surface area (Å²) in [5, 5.41) is 15.7. The van der Waals surface area contributed by atoms with Crippen LogP contribution in [0.25, 0.3) is 5.57 Å². The van der Waals surface area contributed by atoms with E-state index in [0.29, 0.717) is 25.7 Å². The first-order valence-corrected chi connectivity index (χ1v) is 8.97. The van der Waals surface area contributed by atoms with Crippen molar-refractivity contribution in [3.05, 3.63) is 11.7 Å². The topological polar surface area (TPSA) is 83.0 Å². The van der Waals surface area contributed by atoms with Crippen LogP contribution < -0.4 is 10.6 Å². The lowest BCUT2D eigenvalue weighted by molar-refractivity contribution is 0.00851. The largest absolute Gasteiger partial charge is 0.386 e. The molecule has 6 nitrogen and oxygen atoms in total. The molecule has 3 rings (SSSR count). The van der Waals surface area contributed by atoms with Gasteiger partial charge in [0.25, 0.3) is 0 Å². The molecule has 26 heavy (non-hydrogen) atoms. The zero-order valence-corrected chi connectivity index (χ0v) is 14.9. The van der Waals surface area contributed by atoms with E-state index in [1.807, 2.05) is 13.8 Å². The van der Waals surface area contributed by atoms with Crippen molar-refractivity contribution in [3.63, 3.8) is 0 Å². The summed E-state index contributed by atoms with van der Waals surface area (Å²) >= 11 is 0. The molecule has 2 atom stereocenters. The quantitative estimate of drug-likeness (QED) is 0.735. The summed E-state index contributed by atoms with van der Waals surface area (Å²) in [5.41, 5.74) is 0.248. The van der Waals surface area contributed by atoms with E-state index in [9.17, 15) is 18.3 Å². The smallest absolute Gasteiger partial charge is 0.250 e. The molecule has 0 aromatic carbocycles. The van der Waals surface area contributed by atoms with Crippen LogP contribution in [0.3, 0.4) is 0 Å². The van der Waals surface area contributed by atoms with Gasteiger partial charge in [-0.05, 0) is 39.5 Å². The summed E-state index contributed by atoms with van der Waals surface area (Å²) in [6, 6.07) is -0.410. The summed E-state index contributed by atoms with van der Waals surface area (Å²) in [5.74, 6) is -2.80. The van der Waals surface area contributed by atoms with Crippen molar-refractivity contribution in [3.8, 4) is 0 Å². The van der Waals surface area contributed by atoms with Crippen molar-refractivity contribution in [2.45, 2.75) is 76.5 Å². The van der Waals surface area contributed by atoms with Gasteiger partial charge in [0, 0.05) is 30.5 Å². The molecule has 0 amide bonds. The number of aliphatic hydroxyl groups is 1. The van der Waals surface area contributed by atoms with Gasteiger partial charge < -0.3 is 15.7 Å². The second-order valence-electron chi connectivity index (χ2n) is 7.28. The highest BCUT2D eigenvalue weighted by Gasteiger charge is 2.39. The molecule has 144 valence electrons. The Hall–Kier alpha value is -1.90. The van der Waals surface area contributed by atoms with E-state index in [4.69, 9.17) is 0 Å². The minimum Gasteiger partial charge on any atom is -0.386 e. The van der Waals surface area contributed by atoms with Crippen LogP contribution in [0.4, 0.5) is 25.1 Å². The zero-order chi connectivity index (χ0) is 18.9. The van der Waals surface area contributed by atoms with E-state index in [2.05, 4.69) is 25.6 Å². The van der Waals surface area contributed by atoms with Crippen LogP contribution in [-0.2, 0) is 0 Å². The van der Waals surface area contributed by atoms with Crippen LogP contribution >= 0.6 is 0 Å². The first-order chi connectivity index (χ1) is 12.2. The molecule has 1 saturated carbocycles. The van der Waals surface area contributed by atoms with Gasteiger partial charge in [-0.2, -0.15) is 15.0 Å². The van der Waals surface area contributed by atoms with Crippen LogP contribution in [0.1, 0.15) is 58.2 Å². The minimum atomic E-state index is -2.69. The fourth-order valence-electron chi connectivity index (χ4n) is 3.29. The number of anilines is 2. The highest BCUT2D eigenvalue weighted by atomic mass is 19.3. The third-order valence-corrected chi connectivity index (χ3v) is 4.55. The highest BCUT2D eigenvalue weighted by Crippen LogP contribution is 2.36. The monoisotopic (exact) mass is 371 g/mol. The lowest BCUT2D eigenvalue weighted by Crippen LogP contribution is -2.23. The molecule has 3 N–H and O–H groups in total.